The van der Waals surface area contributed by atoms with E-state index in [2.05, 4.69) is 0 Å². The fraction of sp³-hybridized carbons (Fsp3) is 0.0769. The van der Waals surface area contributed by atoms with Gasteiger partial charge in [-0.3, -0.25) is 4.79 Å². The van der Waals surface area contributed by atoms with Crippen molar-refractivity contribution in [1.82, 2.24) is 0 Å². The fourth-order valence-corrected chi connectivity index (χ4v) is 4.88. The average molecular weight is 424 g/mol. The lowest BCUT2D eigenvalue weighted by molar-refractivity contribution is -0.124. The summed E-state index contributed by atoms with van der Waals surface area (Å²) in [5.74, 6) is -1.31. The van der Waals surface area contributed by atoms with Crippen molar-refractivity contribution in [2.24, 2.45) is 5.92 Å². The summed E-state index contributed by atoms with van der Waals surface area (Å²) < 4.78 is 12.1. The van der Waals surface area contributed by atoms with E-state index in [-0.39, 0.29) is 28.4 Å². The topological polar surface area (TPSA) is 93.1 Å². The lowest BCUT2D eigenvalue weighted by atomic mass is 9.68. The first-order chi connectivity index (χ1) is 15.5. The zero-order valence-corrected chi connectivity index (χ0v) is 16.6. The number of fused-ring (bicyclic) bond motifs is 6. The number of ether oxygens (including phenoxy) is 2. The highest BCUT2D eigenvalue weighted by Gasteiger charge is 2.61. The molecule has 2 heterocycles. The number of phenols is 2. The number of allylic oxidation sites excluding steroid dienone is 3. The second-order valence-electron chi connectivity index (χ2n) is 7.92. The minimum absolute atomic E-state index is 0.114. The first-order valence-electron chi connectivity index (χ1n) is 10.1. The van der Waals surface area contributed by atoms with Gasteiger partial charge in [-0.05, 0) is 36.4 Å². The quantitative estimate of drug-likeness (QED) is 0.572. The molecule has 0 bridgehead atoms. The number of benzene rings is 3. The van der Waals surface area contributed by atoms with Crippen LogP contribution in [-0.4, -0.2) is 22.0 Å². The summed E-state index contributed by atoms with van der Waals surface area (Å²) in [6.45, 7) is 0. The molecule has 2 atom stereocenters. The van der Waals surface area contributed by atoms with E-state index < -0.39 is 17.5 Å². The molecule has 6 heteroatoms. The van der Waals surface area contributed by atoms with Crippen LogP contribution in [0.2, 0.25) is 0 Å². The highest BCUT2D eigenvalue weighted by molar-refractivity contribution is 6.25. The second kappa shape index (κ2) is 6.34. The maximum atomic E-state index is 13.9. The maximum Gasteiger partial charge on any atom is 0.339 e. The van der Waals surface area contributed by atoms with Crippen molar-refractivity contribution in [2.45, 2.75) is 5.60 Å². The van der Waals surface area contributed by atoms with Crippen LogP contribution >= 0.6 is 0 Å². The van der Waals surface area contributed by atoms with Gasteiger partial charge in [0.05, 0.1) is 5.56 Å². The third kappa shape index (κ3) is 2.29. The number of hydrogen-bond acceptors (Lipinski definition) is 6. The van der Waals surface area contributed by atoms with Crippen LogP contribution in [0.25, 0.3) is 5.57 Å². The van der Waals surface area contributed by atoms with Crippen LogP contribution in [-0.2, 0) is 15.1 Å². The van der Waals surface area contributed by atoms with E-state index >= 15 is 0 Å². The summed E-state index contributed by atoms with van der Waals surface area (Å²) >= 11 is 0. The predicted octanol–water partition coefficient (Wildman–Crippen LogP) is 4.07. The summed E-state index contributed by atoms with van der Waals surface area (Å²) in [6.07, 6.45) is 3.24. The number of esters is 1. The molecule has 0 radical (unpaired) electrons. The molecule has 3 aromatic rings. The Morgan fingerprint density at radius 1 is 0.812 bits per heavy atom. The molecule has 156 valence electrons. The van der Waals surface area contributed by atoms with Crippen LogP contribution in [0.3, 0.4) is 0 Å². The molecule has 2 unspecified atom stereocenters. The number of rotatable bonds is 1. The number of carbonyl (C=O) groups is 2. The molecule has 6 rings (SSSR count). The van der Waals surface area contributed by atoms with Crippen LogP contribution in [0.15, 0.2) is 84.6 Å². The molecule has 2 aliphatic heterocycles. The standard InChI is InChI=1S/C26H16O6/c27-14-9-10-15(20(28)13-14)16-11-12-22-23(24(16)29)26(19-7-3-4-8-21(19)31-22)18-6-2-1-5-17(18)25(30)32-26/h1-13,23,27-28H. The molecule has 32 heavy (non-hydrogen) atoms. The second-order valence-corrected chi connectivity index (χ2v) is 7.92. The van der Waals surface area contributed by atoms with E-state index in [4.69, 9.17) is 9.47 Å². The van der Waals surface area contributed by atoms with E-state index in [9.17, 15) is 19.8 Å². The monoisotopic (exact) mass is 424 g/mol. The molecule has 0 amide bonds. The van der Waals surface area contributed by atoms with Gasteiger partial charge in [0.15, 0.2) is 11.4 Å². The zero-order valence-electron chi connectivity index (χ0n) is 16.6. The third-order valence-corrected chi connectivity index (χ3v) is 6.22. The van der Waals surface area contributed by atoms with Gasteiger partial charge in [-0.15, -0.1) is 0 Å². The zero-order chi connectivity index (χ0) is 22.0. The number of aromatic hydroxyl groups is 2. The minimum Gasteiger partial charge on any atom is -0.508 e. The van der Waals surface area contributed by atoms with Gasteiger partial charge in [0.25, 0.3) is 0 Å². The number of hydrogen-bond donors (Lipinski definition) is 2. The molecule has 0 saturated heterocycles. The van der Waals surface area contributed by atoms with Crippen molar-refractivity contribution >= 4 is 17.3 Å². The lowest BCUT2D eigenvalue weighted by Crippen LogP contribution is -2.47. The largest absolute Gasteiger partial charge is 0.508 e. The Morgan fingerprint density at radius 3 is 2.38 bits per heavy atom. The van der Waals surface area contributed by atoms with Crippen LogP contribution in [0.1, 0.15) is 27.0 Å². The number of para-hydroxylation sites is 1. The van der Waals surface area contributed by atoms with Crippen LogP contribution < -0.4 is 4.74 Å². The smallest absolute Gasteiger partial charge is 0.339 e. The Kier molecular flexibility index (Phi) is 3.66. The number of phenolic OH excluding ortho intramolecular Hbond substituents is 2. The Balaban J connectivity index is 1.61. The Hall–Kier alpha value is -4.32. The molecule has 6 nitrogen and oxygen atoms in total. The number of carbonyl (C=O) groups excluding carboxylic acids is 2. The molecule has 0 aromatic heterocycles. The van der Waals surface area contributed by atoms with Crippen molar-refractivity contribution in [2.75, 3.05) is 0 Å². The van der Waals surface area contributed by atoms with E-state index in [1.165, 1.54) is 18.2 Å². The normalized spacial score (nSPS) is 22.8. The Labute approximate surface area is 182 Å². The SMILES string of the molecule is O=C1OC2(c3ccccc3OC3=CC=C(c4ccc(O)cc4O)C(=O)C32)c2ccccc21. The summed E-state index contributed by atoms with van der Waals surface area (Å²) in [5, 5.41) is 20.0. The first kappa shape index (κ1) is 18.4. The molecular weight excluding hydrogens is 408 g/mol. The lowest BCUT2D eigenvalue weighted by Gasteiger charge is -2.43. The highest BCUT2D eigenvalue weighted by atomic mass is 16.6. The van der Waals surface area contributed by atoms with Gasteiger partial charge >= 0.3 is 5.97 Å². The van der Waals surface area contributed by atoms with Gasteiger partial charge in [-0.25, -0.2) is 4.79 Å². The molecule has 1 spiro atoms. The van der Waals surface area contributed by atoms with Gasteiger partial charge < -0.3 is 19.7 Å². The summed E-state index contributed by atoms with van der Waals surface area (Å²) in [5.41, 5.74) is 0.706. The van der Waals surface area contributed by atoms with Gasteiger partial charge in [-0.2, -0.15) is 0 Å². The average Bonchev–Trinajstić information content (AvgIpc) is 3.08. The summed E-state index contributed by atoms with van der Waals surface area (Å²) in [6, 6.07) is 18.3. The summed E-state index contributed by atoms with van der Waals surface area (Å²) in [4.78, 5) is 26.8. The fourth-order valence-electron chi connectivity index (χ4n) is 4.88. The molecule has 3 aliphatic rings. The van der Waals surface area contributed by atoms with Crippen molar-refractivity contribution in [3.05, 3.63) is 107 Å². The molecule has 2 N–H and O–H groups in total. The van der Waals surface area contributed by atoms with E-state index in [1.807, 2.05) is 12.1 Å². The summed E-state index contributed by atoms with van der Waals surface area (Å²) in [7, 11) is 0. The molecule has 0 fully saturated rings. The number of Topliss-reactive ketones (excluding diaryl/α,β-unsaturated/α-hetero) is 1. The van der Waals surface area contributed by atoms with Gasteiger partial charge in [0.1, 0.15) is 28.9 Å². The molecule has 3 aromatic carbocycles. The number of ketones is 1. The van der Waals surface area contributed by atoms with Crippen LogP contribution in [0.4, 0.5) is 0 Å². The van der Waals surface area contributed by atoms with Gasteiger partial charge in [-0.1, -0.05) is 36.4 Å². The van der Waals surface area contributed by atoms with Gasteiger partial charge in [0.2, 0.25) is 0 Å². The van der Waals surface area contributed by atoms with Crippen molar-refractivity contribution < 1.29 is 29.3 Å². The Morgan fingerprint density at radius 2 is 1.56 bits per heavy atom. The minimum atomic E-state index is -1.39. The van der Waals surface area contributed by atoms with E-state index in [1.54, 1.807) is 48.6 Å². The maximum absolute atomic E-state index is 13.9. The molecule has 1 aliphatic carbocycles. The Bertz CT molecular complexity index is 1400. The highest BCUT2D eigenvalue weighted by Crippen LogP contribution is 2.57. The van der Waals surface area contributed by atoms with Crippen molar-refractivity contribution in [3.63, 3.8) is 0 Å². The van der Waals surface area contributed by atoms with Crippen molar-refractivity contribution in [3.8, 4) is 17.2 Å². The first-order valence-corrected chi connectivity index (χ1v) is 10.1. The third-order valence-electron chi connectivity index (χ3n) is 6.22. The molecule has 0 saturated carbocycles. The van der Waals surface area contributed by atoms with E-state index in [0.29, 0.717) is 28.2 Å². The van der Waals surface area contributed by atoms with Crippen LogP contribution in [0.5, 0.6) is 17.2 Å². The van der Waals surface area contributed by atoms with Crippen LogP contribution in [0, 0.1) is 5.92 Å². The molecular formula is C26H16O6. The van der Waals surface area contributed by atoms with Gasteiger partial charge in [0, 0.05) is 28.3 Å². The van der Waals surface area contributed by atoms with E-state index in [0.717, 1.165) is 0 Å². The predicted molar refractivity (Wildman–Crippen MR) is 114 cm³/mol. The van der Waals surface area contributed by atoms with Crippen molar-refractivity contribution in [1.29, 1.82) is 0 Å².